The average molecular weight is 459 g/mol. The Bertz CT molecular complexity index is 910. The standard InChI is InChI=1S/C22H28N4O3S.C2H6/c1-13-20(30-12-25-13)16-5-3-14(4-6-16)10-24-21(28)18-9-17(27)11-26(18)22(29)19(23-2)15-7-8-15;1-2/h3-6,12,15,17-19,23,27H,7-11H2,1-2H3,(H,24,28);1-2H3. The molecule has 8 heteroatoms. The fourth-order valence-electron chi connectivity index (χ4n) is 4.13. The maximum atomic E-state index is 12.9. The number of likely N-dealkylation sites (tertiary alicyclic amines) is 1. The third-order valence-corrected chi connectivity index (χ3v) is 6.94. The summed E-state index contributed by atoms with van der Waals surface area (Å²) in [7, 11) is 1.78. The van der Waals surface area contributed by atoms with Gasteiger partial charge in [0.1, 0.15) is 6.04 Å². The van der Waals surface area contributed by atoms with E-state index in [9.17, 15) is 14.7 Å². The monoisotopic (exact) mass is 458 g/mol. The third kappa shape index (κ3) is 5.54. The molecule has 0 spiro atoms. The molecule has 3 atom stereocenters. The molecular formula is C24H34N4O3S. The van der Waals surface area contributed by atoms with Crippen LogP contribution in [0.3, 0.4) is 0 Å². The van der Waals surface area contributed by atoms with E-state index in [1.165, 1.54) is 0 Å². The molecule has 2 heterocycles. The molecule has 0 radical (unpaired) electrons. The summed E-state index contributed by atoms with van der Waals surface area (Å²) in [5.74, 6) is 0.0403. The normalized spacial score (nSPS) is 21.0. The molecule has 174 valence electrons. The molecule has 7 nitrogen and oxygen atoms in total. The Morgan fingerprint density at radius 1 is 1.25 bits per heavy atom. The van der Waals surface area contributed by atoms with Gasteiger partial charge in [0.2, 0.25) is 11.8 Å². The lowest BCUT2D eigenvalue weighted by Gasteiger charge is -2.28. The molecule has 1 aromatic heterocycles. The van der Waals surface area contributed by atoms with Gasteiger partial charge in [0.05, 0.1) is 28.2 Å². The molecule has 1 aliphatic carbocycles. The van der Waals surface area contributed by atoms with E-state index >= 15 is 0 Å². The summed E-state index contributed by atoms with van der Waals surface area (Å²) in [6.45, 7) is 6.59. The minimum atomic E-state index is -0.664. The summed E-state index contributed by atoms with van der Waals surface area (Å²) in [6, 6.07) is 7.15. The lowest BCUT2D eigenvalue weighted by atomic mass is 10.1. The average Bonchev–Trinajstić information content (AvgIpc) is 3.43. The van der Waals surface area contributed by atoms with Crippen molar-refractivity contribution in [2.24, 2.45) is 5.92 Å². The number of carbonyl (C=O) groups is 2. The number of nitrogens with one attached hydrogen (secondary N) is 2. The smallest absolute Gasteiger partial charge is 0.243 e. The van der Waals surface area contributed by atoms with Gasteiger partial charge in [-0.15, -0.1) is 11.3 Å². The number of thiazole rings is 1. The second-order valence-corrected chi connectivity index (χ2v) is 9.04. The fourth-order valence-corrected chi connectivity index (χ4v) is 4.95. The first-order valence-corrected chi connectivity index (χ1v) is 12.3. The number of likely N-dealkylation sites (N-methyl/N-ethyl adjacent to an activating group) is 1. The molecule has 0 bridgehead atoms. The van der Waals surface area contributed by atoms with Gasteiger partial charge in [-0.25, -0.2) is 4.98 Å². The molecule has 1 aliphatic heterocycles. The van der Waals surface area contributed by atoms with Gasteiger partial charge in [-0.05, 0) is 43.9 Å². The minimum absolute atomic E-state index is 0.0824. The van der Waals surface area contributed by atoms with Crippen molar-refractivity contribution in [3.8, 4) is 10.4 Å². The van der Waals surface area contributed by atoms with Crippen molar-refractivity contribution < 1.29 is 14.7 Å². The van der Waals surface area contributed by atoms with E-state index in [4.69, 9.17) is 0 Å². The van der Waals surface area contributed by atoms with E-state index < -0.39 is 12.1 Å². The summed E-state index contributed by atoms with van der Waals surface area (Å²) in [6.07, 6.45) is 1.68. The summed E-state index contributed by atoms with van der Waals surface area (Å²) in [5.41, 5.74) is 4.94. The summed E-state index contributed by atoms with van der Waals surface area (Å²) in [5, 5.41) is 16.1. The molecule has 1 aromatic carbocycles. The van der Waals surface area contributed by atoms with Crippen LogP contribution in [0, 0.1) is 12.8 Å². The Labute approximate surface area is 194 Å². The Morgan fingerprint density at radius 2 is 1.94 bits per heavy atom. The number of hydrogen-bond acceptors (Lipinski definition) is 6. The number of aliphatic hydroxyl groups excluding tert-OH is 1. The Balaban J connectivity index is 0.00000141. The van der Waals surface area contributed by atoms with Gasteiger partial charge in [0.25, 0.3) is 0 Å². The molecule has 32 heavy (non-hydrogen) atoms. The maximum absolute atomic E-state index is 12.9. The second kappa shape index (κ2) is 11.0. The predicted molar refractivity (Wildman–Crippen MR) is 127 cm³/mol. The lowest BCUT2D eigenvalue weighted by Crippen LogP contribution is -2.52. The Hall–Kier alpha value is -2.29. The third-order valence-electron chi connectivity index (χ3n) is 5.96. The van der Waals surface area contributed by atoms with Crippen LogP contribution in [0.2, 0.25) is 0 Å². The van der Waals surface area contributed by atoms with Crippen LogP contribution < -0.4 is 10.6 Å². The molecule has 3 unspecified atom stereocenters. The zero-order valence-corrected chi connectivity index (χ0v) is 20.1. The van der Waals surface area contributed by atoms with Gasteiger partial charge in [0.15, 0.2) is 0 Å². The zero-order chi connectivity index (χ0) is 23.3. The maximum Gasteiger partial charge on any atom is 0.243 e. The Kier molecular flexibility index (Phi) is 8.39. The molecular weight excluding hydrogens is 424 g/mol. The van der Waals surface area contributed by atoms with Gasteiger partial charge in [0, 0.05) is 19.5 Å². The van der Waals surface area contributed by atoms with Gasteiger partial charge in [-0.3, -0.25) is 9.59 Å². The first-order valence-electron chi connectivity index (χ1n) is 11.4. The largest absolute Gasteiger partial charge is 0.391 e. The van der Waals surface area contributed by atoms with E-state index in [2.05, 4.69) is 15.6 Å². The van der Waals surface area contributed by atoms with Crippen LogP contribution in [0.4, 0.5) is 0 Å². The van der Waals surface area contributed by atoms with Gasteiger partial charge in [-0.1, -0.05) is 38.1 Å². The van der Waals surface area contributed by atoms with Crippen LogP contribution in [0.25, 0.3) is 10.4 Å². The minimum Gasteiger partial charge on any atom is -0.391 e. The van der Waals surface area contributed by atoms with Crippen LogP contribution >= 0.6 is 11.3 Å². The number of benzene rings is 1. The topological polar surface area (TPSA) is 94.6 Å². The predicted octanol–water partition coefficient (Wildman–Crippen LogP) is 2.72. The highest BCUT2D eigenvalue weighted by Crippen LogP contribution is 2.34. The highest BCUT2D eigenvalue weighted by molar-refractivity contribution is 7.13. The highest BCUT2D eigenvalue weighted by Gasteiger charge is 2.44. The zero-order valence-electron chi connectivity index (χ0n) is 19.3. The van der Waals surface area contributed by atoms with E-state index in [0.717, 1.165) is 34.5 Å². The number of β-amino-alcohol motifs (C(OH)–C–C–N with tert-alkyl or cyclic N) is 1. The molecule has 3 N–H and O–H groups in total. The molecule has 2 amide bonds. The molecule has 1 saturated heterocycles. The van der Waals surface area contributed by atoms with Gasteiger partial charge >= 0.3 is 0 Å². The van der Waals surface area contributed by atoms with Crippen LogP contribution in [0.15, 0.2) is 29.8 Å². The number of hydrogen-bond donors (Lipinski definition) is 3. The molecule has 2 aromatic rings. The van der Waals surface area contributed by atoms with Crippen molar-refractivity contribution in [2.45, 2.75) is 64.8 Å². The number of carbonyl (C=O) groups excluding carboxylic acids is 2. The highest BCUT2D eigenvalue weighted by atomic mass is 32.1. The van der Waals surface area contributed by atoms with E-state index in [1.54, 1.807) is 23.3 Å². The van der Waals surface area contributed by atoms with E-state index in [1.807, 2.05) is 50.5 Å². The molecule has 2 aliphatic rings. The van der Waals surface area contributed by atoms with Crippen molar-refractivity contribution in [2.75, 3.05) is 13.6 Å². The summed E-state index contributed by atoms with van der Waals surface area (Å²) < 4.78 is 0. The van der Waals surface area contributed by atoms with E-state index in [-0.39, 0.29) is 30.8 Å². The van der Waals surface area contributed by atoms with E-state index in [0.29, 0.717) is 12.5 Å². The number of aromatic nitrogens is 1. The lowest BCUT2D eigenvalue weighted by molar-refractivity contribution is -0.140. The van der Waals surface area contributed by atoms with Crippen LogP contribution in [0.5, 0.6) is 0 Å². The van der Waals surface area contributed by atoms with Crippen molar-refractivity contribution in [3.05, 3.63) is 41.0 Å². The van der Waals surface area contributed by atoms with Gasteiger partial charge in [-0.2, -0.15) is 0 Å². The number of aliphatic hydroxyl groups is 1. The number of rotatable bonds is 7. The van der Waals surface area contributed by atoms with Crippen molar-refractivity contribution in [3.63, 3.8) is 0 Å². The SMILES string of the molecule is CC.CNC(C(=O)N1CC(O)CC1C(=O)NCc1ccc(-c2scnc2C)cc1)C1CC1. The van der Waals surface area contributed by atoms with Crippen LogP contribution in [-0.4, -0.2) is 58.6 Å². The van der Waals surface area contributed by atoms with Crippen molar-refractivity contribution in [1.29, 1.82) is 0 Å². The molecule has 2 fully saturated rings. The first kappa shape index (κ1) is 24.4. The Morgan fingerprint density at radius 3 is 2.50 bits per heavy atom. The first-order chi connectivity index (χ1) is 15.5. The quantitative estimate of drug-likeness (QED) is 0.593. The molecule has 1 saturated carbocycles. The number of aryl methyl sites for hydroxylation is 1. The summed E-state index contributed by atoms with van der Waals surface area (Å²) >= 11 is 1.61. The van der Waals surface area contributed by atoms with Crippen molar-refractivity contribution in [1.82, 2.24) is 20.5 Å². The molecule has 4 rings (SSSR count). The van der Waals surface area contributed by atoms with Crippen LogP contribution in [-0.2, 0) is 16.1 Å². The summed E-state index contributed by atoms with van der Waals surface area (Å²) in [4.78, 5) is 32.8. The van der Waals surface area contributed by atoms with Crippen LogP contribution in [0.1, 0.15) is 44.4 Å². The fraction of sp³-hybridized carbons (Fsp3) is 0.542. The van der Waals surface area contributed by atoms with Crippen molar-refractivity contribution >= 4 is 23.2 Å². The number of nitrogens with zero attached hydrogens (tertiary/aromatic N) is 2. The van der Waals surface area contributed by atoms with Gasteiger partial charge < -0.3 is 20.6 Å². The second-order valence-electron chi connectivity index (χ2n) is 8.18. The number of amides is 2.